The van der Waals surface area contributed by atoms with Gasteiger partial charge in [0.1, 0.15) is 0 Å². The van der Waals surface area contributed by atoms with E-state index in [2.05, 4.69) is 11.8 Å². The summed E-state index contributed by atoms with van der Waals surface area (Å²) in [4.78, 5) is 16.8. The Morgan fingerprint density at radius 1 is 1.18 bits per heavy atom. The number of hydrogen-bond donors (Lipinski definition) is 1. The first-order valence-corrected chi connectivity index (χ1v) is 6.96. The second-order valence-corrected chi connectivity index (χ2v) is 5.50. The molecule has 1 saturated heterocycles. The lowest BCUT2D eigenvalue weighted by Crippen LogP contribution is -2.58. The fourth-order valence-electron chi connectivity index (χ4n) is 3.03. The number of piperazine rings is 1. The normalized spacial score (nSPS) is 25.2. The summed E-state index contributed by atoms with van der Waals surface area (Å²) in [5.41, 5.74) is 5.69. The Kier molecular flexibility index (Phi) is 4.05. The van der Waals surface area contributed by atoms with Crippen molar-refractivity contribution in [1.82, 2.24) is 9.80 Å². The van der Waals surface area contributed by atoms with Crippen LogP contribution >= 0.6 is 0 Å². The molecule has 17 heavy (non-hydrogen) atoms. The molecule has 4 heteroatoms. The van der Waals surface area contributed by atoms with Crippen molar-refractivity contribution in [3.63, 3.8) is 0 Å². The van der Waals surface area contributed by atoms with E-state index in [0.717, 1.165) is 58.4 Å². The minimum atomic E-state index is -0.535. The van der Waals surface area contributed by atoms with Crippen molar-refractivity contribution < 1.29 is 4.79 Å². The summed E-state index contributed by atoms with van der Waals surface area (Å²) in [7, 11) is 0. The zero-order valence-corrected chi connectivity index (χ0v) is 11.0. The van der Waals surface area contributed by atoms with Crippen LogP contribution in [0.4, 0.5) is 0 Å². The summed E-state index contributed by atoms with van der Waals surface area (Å²) >= 11 is 0. The fourth-order valence-corrected chi connectivity index (χ4v) is 3.03. The molecule has 0 radical (unpaired) electrons. The van der Waals surface area contributed by atoms with Crippen molar-refractivity contribution in [3.8, 4) is 0 Å². The van der Waals surface area contributed by atoms with Gasteiger partial charge in [-0.25, -0.2) is 0 Å². The average molecular weight is 239 g/mol. The van der Waals surface area contributed by atoms with E-state index in [1.165, 1.54) is 6.42 Å². The maximum absolute atomic E-state index is 12.4. The van der Waals surface area contributed by atoms with Crippen molar-refractivity contribution in [3.05, 3.63) is 0 Å². The lowest BCUT2D eigenvalue weighted by molar-refractivity contribution is -0.138. The predicted molar refractivity (Wildman–Crippen MR) is 68.7 cm³/mol. The van der Waals surface area contributed by atoms with Crippen LogP contribution < -0.4 is 5.73 Å². The van der Waals surface area contributed by atoms with E-state index in [1.54, 1.807) is 0 Å². The van der Waals surface area contributed by atoms with E-state index < -0.39 is 5.54 Å². The van der Waals surface area contributed by atoms with Gasteiger partial charge in [-0.15, -0.1) is 0 Å². The van der Waals surface area contributed by atoms with Crippen LogP contribution in [0.1, 0.15) is 39.0 Å². The monoisotopic (exact) mass is 239 g/mol. The molecule has 2 aliphatic rings. The number of nitrogens with two attached hydrogens (primary N) is 1. The topological polar surface area (TPSA) is 49.6 Å². The van der Waals surface area contributed by atoms with Gasteiger partial charge < -0.3 is 10.6 Å². The second-order valence-electron chi connectivity index (χ2n) is 5.50. The molecule has 1 amide bonds. The highest BCUT2D eigenvalue weighted by Crippen LogP contribution is 2.29. The van der Waals surface area contributed by atoms with Crippen LogP contribution in [-0.2, 0) is 4.79 Å². The summed E-state index contributed by atoms with van der Waals surface area (Å²) in [5, 5.41) is 0. The Labute approximate surface area is 104 Å². The van der Waals surface area contributed by atoms with Gasteiger partial charge in [-0.1, -0.05) is 19.8 Å². The van der Waals surface area contributed by atoms with Gasteiger partial charge in [0.2, 0.25) is 5.91 Å². The van der Waals surface area contributed by atoms with E-state index in [0.29, 0.717) is 0 Å². The zero-order valence-electron chi connectivity index (χ0n) is 11.0. The Hall–Kier alpha value is -0.610. The van der Waals surface area contributed by atoms with E-state index in [-0.39, 0.29) is 5.91 Å². The van der Waals surface area contributed by atoms with Crippen molar-refractivity contribution in [2.45, 2.75) is 44.6 Å². The number of nitrogens with zero attached hydrogens (tertiary/aromatic N) is 2. The van der Waals surface area contributed by atoms with Gasteiger partial charge in [0.25, 0.3) is 0 Å². The summed E-state index contributed by atoms with van der Waals surface area (Å²) in [6.07, 6.45) is 5.16. The van der Waals surface area contributed by atoms with Crippen molar-refractivity contribution in [1.29, 1.82) is 0 Å². The SMILES string of the molecule is CCCN1CCN(C(=O)C2(N)CCCC2)CC1. The standard InChI is InChI=1S/C13H25N3O/c1-2-7-15-8-10-16(11-9-15)12(17)13(14)5-3-4-6-13/h2-11,14H2,1H3. The predicted octanol–water partition coefficient (Wildman–Crippen LogP) is 0.812. The van der Waals surface area contributed by atoms with Gasteiger partial charge in [0, 0.05) is 26.2 Å². The first kappa shape index (κ1) is 12.8. The number of amides is 1. The fraction of sp³-hybridized carbons (Fsp3) is 0.923. The molecule has 2 N–H and O–H groups in total. The molecule has 2 rings (SSSR count). The van der Waals surface area contributed by atoms with Crippen LogP contribution in [0.5, 0.6) is 0 Å². The molecule has 1 aliphatic heterocycles. The minimum Gasteiger partial charge on any atom is -0.339 e. The highest BCUT2D eigenvalue weighted by Gasteiger charge is 2.40. The van der Waals surface area contributed by atoms with Crippen LogP contribution in [0, 0.1) is 0 Å². The van der Waals surface area contributed by atoms with Crippen molar-refractivity contribution in [2.24, 2.45) is 5.73 Å². The molecular formula is C13H25N3O. The van der Waals surface area contributed by atoms with Gasteiger partial charge in [0.15, 0.2) is 0 Å². The third-order valence-corrected chi connectivity index (χ3v) is 4.12. The Bertz CT molecular complexity index is 266. The Morgan fingerprint density at radius 3 is 2.29 bits per heavy atom. The largest absolute Gasteiger partial charge is 0.339 e. The van der Waals surface area contributed by atoms with Crippen LogP contribution in [-0.4, -0.2) is 54.0 Å². The quantitative estimate of drug-likeness (QED) is 0.793. The lowest BCUT2D eigenvalue weighted by atomic mass is 9.97. The highest BCUT2D eigenvalue weighted by atomic mass is 16.2. The molecule has 98 valence electrons. The molecule has 1 heterocycles. The maximum Gasteiger partial charge on any atom is 0.242 e. The Balaban J connectivity index is 1.86. The van der Waals surface area contributed by atoms with Crippen LogP contribution in [0.15, 0.2) is 0 Å². The average Bonchev–Trinajstić information content (AvgIpc) is 2.78. The van der Waals surface area contributed by atoms with Crippen molar-refractivity contribution in [2.75, 3.05) is 32.7 Å². The van der Waals surface area contributed by atoms with Gasteiger partial charge in [0.05, 0.1) is 5.54 Å². The molecule has 1 aliphatic carbocycles. The molecule has 0 aromatic rings. The number of carbonyl (C=O) groups excluding carboxylic acids is 1. The molecular weight excluding hydrogens is 214 g/mol. The first-order chi connectivity index (χ1) is 8.15. The van der Waals surface area contributed by atoms with E-state index >= 15 is 0 Å². The van der Waals surface area contributed by atoms with Crippen LogP contribution in [0.25, 0.3) is 0 Å². The summed E-state index contributed by atoms with van der Waals surface area (Å²) in [6, 6.07) is 0. The molecule has 0 bridgehead atoms. The third-order valence-electron chi connectivity index (χ3n) is 4.12. The molecule has 0 spiro atoms. The summed E-state index contributed by atoms with van der Waals surface area (Å²) in [5.74, 6) is 0.200. The minimum absolute atomic E-state index is 0.200. The second kappa shape index (κ2) is 5.36. The Morgan fingerprint density at radius 2 is 1.76 bits per heavy atom. The molecule has 4 nitrogen and oxygen atoms in total. The zero-order chi connectivity index (χ0) is 12.3. The molecule has 0 aromatic carbocycles. The molecule has 0 atom stereocenters. The van der Waals surface area contributed by atoms with E-state index in [9.17, 15) is 4.79 Å². The first-order valence-electron chi connectivity index (χ1n) is 6.96. The number of rotatable bonds is 3. The van der Waals surface area contributed by atoms with Crippen LogP contribution in [0.2, 0.25) is 0 Å². The number of hydrogen-bond acceptors (Lipinski definition) is 3. The summed E-state index contributed by atoms with van der Waals surface area (Å²) in [6.45, 7) is 7.08. The van der Waals surface area contributed by atoms with Gasteiger partial charge in [-0.05, 0) is 25.8 Å². The van der Waals surface area contributed by atoms with Gasteiger partial charge in [-0.3, -0.25) is 9.69 Å². The highest BCUT2D eigenvalue weighted by molar-refractivity contribution is 5.86. The molecule has 2 fully saturated rings. The number of carbonyl (C=O) groups is 1. The lowest BCUT2D eigenvalue weighted by Gasteiger charge is -2.38. The third kappa shape index (κ3) is 2.80. The summed E-state index contributed by atoms with van der Waals surface area (Å²) < 4.78 is 0. The molecule has 0 unspecified atom stereocenters. The van der Waals surface area contributed by atoms with Crippen LogP contribution in [0.3, 0.4) is 0 Å². The van der Waals surface area contributed by atoms with Gasteiger partial charge in [-0.2, -0.15) is 0 Å². The van der Waals surface area contributed by atoms with Crippen molar-refractivity contribution >= 4 is 5.91 Å². The molecule has 0 aromatic heterocycles. The maximum atomic E-state index is 12.4. The molecule has 1 saturated carbocycles. The van der Waals surface area contributed by atoms with E-state index in [4.69, 9.17) is 5.73 Å². The van der Waals surface area contributed by atoms with E-state index in [1.807, 2.05) is 4.90 Å². The van der Waals surface area contributed by atoms with Gasteiger partial charge >= 0.3 is 0 Å². The smallest absolute Gasteiger partial charge is 0.242 e.